The van der Waals surface area contributed by atoms with Crippen LogP contribution in [0, 0.1) is 0 Å². The molecule has 0 saturated carbocycles. The highest BCUT2D eigenvalue weighted by molar-refractivity contribution is 7.89. The van der Waals surface area contributed by atoms with Crippen LogP contribution in [0.2, 0.25) is 10.0 Å². The van der Waals surface area contributed by atoms with Gasteiger partial charge in [0.05, 0.1) is 38.3 Å². The Morgan fingerprint density at radius 3 is 2.55 bits per heavy atom. The van der Waals surface area contributed by atoms with Gasteiger partial charge >= 0.3 is 5.63 Å². The van der Waals surface area contributed by atoms with Gasteiger partial charge < -0.3 is 14.1 Å². The van der Waals surface area contributed by atoms with Gasteiger partial charge in [-0.3, -0.25) is 0 Å². The molecule has 0 unspecified atom stereocenters. The van der Waals surface area contributed by atoms with E-state index in [0.29, 0.717) is 49.1 Å². The lowest BCUT2D eigenvalue weighted by Crippen LogP contribution is -3.13. The van der Waals surface area contributed by atoms with Gasteiger partial charge in [-0.25, -0.2) is 13.2 Å². The summed E-state index contributed by atoms with van der Waals surface area (Å²) in [7, 11) is -2.18. The molecule has 1 aliphatic rings. The van der Waals surface area contributed by atoms with Crippen molar-refractivity contribution in [3.8, 4) is 5.75 Å². The molecule has 2 heterocycles. The Labute approximate surface area is 189 Å². The predicted molar refractivity (Wildman–Crippen MR) is 119 cm³/mol. The minimum absolute atomic E-state index is 0.0192. The number of benzene rings is 2. The number of nitrogens with zero attached hydrogens (tertiary/aromatic N) is 1. The zero-order chi connectivity index (χ0) is 22.2. The minimum atomic E-state index is -3.74. The van der Waals surface area contributed by atoms with Crippen LogP contribution in [0.4, 0.5) is 0 Å². The van der Waals surface area contributed by atoms with Crippen molar-refractivity contribution in [1.29, 1.82) is 0 Å². The molecule has 2 aromatic carbocycles. The smallest absolute Gasteiger partial charge is 0.336 e. The zero-order valence-corrected chi connectivity index (χ0v) is 19.1. The van der Waals surface area contributed by atoms with Gasteiger partial charge in [-0.15, -0.1) is 0 Å². The molecule has 1 aromatic heterocycles. The van der Waals surface area contributed by atoms with E-state index < -0.39 is 15.6 Å². The molecule has 31 heavy (non-hydrogen) atoms. The van der Waals surface area contributed by atoms with Crippen LogP contribution in [0.1, 0.15) is 5.56 Å². The Kier molecular flexibility index (Phi) is 6.27. The minimum Gasteiger partial charge on any atom is -0.497 e. The van der Waals surface area contributed by atoms with Crippen LogP contribution < -0.4 is 15.3 Å². The maximum absolute atomic E-state index is 13.0. The van der Waals surface area contributed by atoms with Crippen molar-refractivity contribution in [2.75, 3.05) is 33.3 Å². The number of ether oxygens (including phenoxy) is 1. The zero-order valence-electron chi connectivity index (χ0n) is 16.7. The highest BCUT2D eigenvalue weighted by atomic mass is 35.5. The first-order chi connectivity index (χ1) is 14.8. The maximum Gasteiger partial charge on any atom is 0.336 e. The topological polar surface area (TPSA) is 81.3 Å². The molecule has 0 bridgehead atoms. The van der Waals surface area contributed by atoms with Crippen LogP contribution in [-0.4, -0.2) is 46.0 Å². The molecule has 0 aliphatic carbocycles. The molecular weight excluding hydrogens is 463 g/mol. The Morgan fingerprint density at radius 2 is 1.84 bits per heavy atom. The van der Waals surface area contributed by atoms with Crippen molar-refractivity contribution < 1.29 is 22.5 Å². The van der Waals surface area contributed by atoms with Crippen molar-refractivity contribution in [3.05, 3.63) is 68.5 Å². The molecule has 1 N–H and O–H groups in total. The lowest BCUT2D eigenvalue weighted by atomic mass is 10.1. The van der Waals surface area contributed by atoms with Crippen molar-refractivity contribution in [3.63, 3.8) is 0 Å². The molecule has 10 heteroatoms. The van der Waals surface area contributed by atoms with Crippen molar-refractivity contribution in [2.24, 2.45) is 0 Å². The molecule has 164 valence electrons. The average molecular weight is 484 g/mol. The predicted octanol–water partition coefficient (Wildman–Crippen LogP) is 2.20. The van der Waals surface area contributed by atoms with Gasteiger partial charge in [0.15, 0.2) is 0 Å². The lowest BCUT2D eigenvalue weighted by molar-refractivity contribution is -0.917. The number of hydrogen-bond donors (Lipinski definition) is 1. The SMILES string of the molecule is COc1ccc2c(C[NH+]3CCN(S(=O)(=O)c4cc(Cl)ccc4Cl)CC3)cc(=O)oc2c1. The summed E-state index contributed by atoms with van der Waals surface area (Å²) in [5.74, 6) is 0.610. The Hall–Kier alpha value is -2.10. The van der Waals surface area contributed by atoms with Gasteiger partial charge in [-0.05, 0) is 30.3 Å². The number of quaternary nitrogens is 1. The third-order valence-electron chi connectivity index (χ3n) is 5.42. The average Bonchev–Trinajstić information content (AvgIpc) is 2.75. The fourth-order valence-electron chi connectivity index (χ4n) is 3.79. The number of nitrogens with one attached hydrogen (secondary N) is 1. The molecular formula is C21H21Cl2N2O5S+. The van der Waals surface area contributed by atoms with E-state index in [1.54, 1.807) is 19.2 Å². The highest BCUT2D eigenvalue weighted by Crippen LogP contribution is 2.28. The van der Waals surface area contributed by atoms with E-state index in [2.05, 4.69) is 0 Å². The fourth-order valence-corrected chi connectivity index (χ4v) is 5.96. The van der Waals surface area contributed by atoms with Gasteiger partial charge in [-0.2, -0.15) is 4.31 Å². The highest BCUT2D eigenvalue weighted by Gasteiger charge is 2.32. The quantitative estimate of drug-likeness (QED) is 0.562. The molecule has 1 fully saturated rings. The van der Waals surface area contributed by atoms with Gasteiger partial charge in [-0.1, -0.05) is 23.2 Å². The molecule has 3 aromatic rings. The van der Waals surface area contributed by atoms with Crippen molar-refractivity contribution in [2.45, 2.75) is 11.4 Å². The van der Waals surface area contributed by atoms with Gasteiger partial charge in [0.2, 0.25) is 10.0 Å². The standard InChI is InChI=1S/C21H20Cl2N2O5S/c1-29-16-3-4-17-14(10-21(26)30-19(17)12-16)13-24-6-8-25(9-7-24)31(27,28)20-11-15(22)2-5-18(20)23/h2-5,10-12H,6-9,13H2,1H3/p+1. The van der Waals surface area contributed by atoms with E-state index in [1.807, 2.05) is 12.1 Å². The molecule has 4 rings (SSSR count). The Morgan fingerprint density at radius 1 is 1.10 bits per heavy atom. The molecule has 0 spiro atoms. The summed E-state index contributed by atoms with van der Waals surface area (Å²) >= 11 is 12.1. The summed E-state index contributed by atoms with van der Waals surface area (Å²) in [5, 5.41) is 1.31. The summed E-state index contributed by atoms with van der Waals surface area (Å²) in [4.78, 5) is 13.2. The fraction of sp³-hybridized carbons (Fsp3) is 0.286. The number of methoxy groups -OCH3 is 1. The van der Waals surface area contributed by atoms with Gasteiger partial charge in [0.25, 0.3) is 0 Å². The number of hydrogen-bond acceptors (Lipinski definition) is 5. The second-order valence-corrected chi connectivity index (χ2v) is 10.1. The van der Waals surface area contributed by atoms with Crippen LogP contribution in [0.3, 0.4) is 0 Å². The molecule has 1 saturated heterocycles. The van der Waals surface area contributed by atoms with Crippen LogP contribution in [-0.2, 0) is 16.6 Å². The van der Waals surface area contributed by atoms with E-state index in [9.17, 15) is 13.2 Å². The summed E-state index contributed by atoms with van der Waals surface area (Å²) in [6.07, 6.45) is 0. The second kappa shape index (κ2) is 8.80. The van der Waals surface area contributed by atoms with Gasteiger partial charge in [0, 0.05) is 28.1 Å². The summed E-state index contributed by atoms with van der Waals surface area (Å²) in [6, 6.07) is 11.3. The first-order valence-corrected chi connectivity index (χ1v) is 11.9. The van der Waals surface area contributed by atoms with E-state index in [-0.39, 0.29) is 9.92 Å². The maximum atomic E-state index is 13.0. The lowest BCUT2D eigenvalue weighted by Gasteiger charge is -2.31. The third-order valence-corrected chi connectivity index (χ3v) is 8.03. The second-order valence-electron chi connectivity index (χ2n) is 7.36. The Bertz CT molecular complexity index is 1280. The van der Waals surface area contributed by atoms with Crippen molar-refractivity contribution in [1.82, 2.24) is 4.31 Å². The van der Waals surface area contributed by atoms with E-state index >= 15 is 0 Å². The van der Waals surface area contributed by atoms with E-state index in [4.69, 9.17) is 32.4 Å². The van der Waals surface area contributed by atoms with E-state index in [1.165, 1.54) is 27.4 Å². The van der Waals surface area contributed by atoms with Crippen LogP contribution >= 0.6 is 23.2 Å². The van der Waals surface area contributed by atoms with Crippen LogP contribution in [0.25, 0.3) is 11.0 Å². The number of halogens is 2. The summed E-state index contributed by atoms with van der Waals surface area (Å²) < 4.78 is 38.0. The molecule has 7 nitrogen and oxygen atoms in total. The normalized spacial score (nSPS) is 16.0. The largest absolute Gasteiger partial charge is 0.497 e. The van der Waals surface area contributed by atoms with Gasteiger partial charge in [0.1, 0.15) is 22.8 Å². The van der Waals surface area contributed by atoms with Crippen LogP contribution in [0.15, 0.2) is 56.6 Å². The number of fused-ring (bicyclic) bond motifs is 1. The molecule has 0 atom stereocenters. The van der Waals surface area contributed by atoms with Crippen molar-refractivity contribution >= 4 is 44.2 Å². The van der Waals surface area contributed by atoms with Crippen LogP contribution in [0.5, 0.6) is 5.75 Å². The van der Waals surface area contributed by atoms with E-state index in [0.717, 1.165) is 10.9 Å². The summed E-state index contributed by atoms with van der Waals surface area (Å²) in [5.41, 5.74) is 0.906. The first kappa shape index (κ1) is 22.1. The molecule has 0 amide bonds. The Balaban J connectivity index is 1.51. The number of sulfonamides is 1. The molecule has 1 aliphatic heterocycles. The molecule has 0 radical (unpaired) electrons. The third kappa shape index (κ3) is 4.58. The number of rotatable bonds is 5. The monoisotopic (exact) mass is 483 g/mol. The number of piperazine rings is 1. The summed E-state index contributed by atoms with van der Waals surface area (Å²) in [6.45, 7) is 2.45. The first-order valence-electron chi connectivity index (χ1n) is 9.67.